The summed E-state index contributed by atoms with van der Waals surface area (Å²) in [5, 5.41) is 0. The zero-order valence-corrected chi connectivity index (χ0v) is 21.3. The van der Waals surface area contributed by atoms with E-state index >= 15 is 0 Å². The van der Waals surface area contributed by atoms with Gasteiger partial charge in [-0.2, -0.15) is 0 Å². The highest BCUT2D eigenvalue weighted by atomic mass is 35.5. The maximum atomic E-state index is 7.74. The SMILES string of the molecule is C.[2H]C([2H])([2H])C(C)(C#C[Si](C)(C)C)COCc1ccccc1.[2H]C([2H])([2H])C(C)(Cl)C#C[Si](C)(C)C. The highest BCUT2D eigenvalue weighted by Crippen LogP contribution is 2.16. The fourth-order valence-corrected chi connectivity index (χ4v) is 3.02. The molecule has 1 aromatic rings. The van der Waals surface area contributed by atoms with Crippen LogP contribution in [-0.4, -0.2) is 27.6 Å². The number of alkyl halides is 1. The van der Waals surface area contributed by atoms with Crippen molar-refractivity contribution in [3.05, 3.63) is 35.9 Å². The molecule has 4 heteroatoms. The first-order chi connectivity index (χ1) is 15.0. The van der Waals surface area contributed by atoms with E-state index in [0.717, 1.165) is 5.56 Å². The van der Waals surface area contributed by atoms with E-state index in [1.807, 2.05) is 50.0 Å². The van der Waals surface area contributed by atoms with E-state index in [1.165, 1.54) is 6.92 Å². The van der Waals surface area contributed by atoms with Crippen LogP contribution in [0.5, 0.6) is 0 Å². The molecule has 0 amide bonds. The van der Waals surface area contributed by atoms with Crippen molar-refractivity contribution in [2.75, 3.05) is 6.61 Å². The number of ether oxygens (including phenoxy) is 1. The lowest BCUT2D eigenvalue weighted by atomic mass is 9.96. The van der Waals surface area contributed by atoms with Crippen molar-refractivity contribution in [1.29, 1.82) is 0 Å². The second kappa shape index (κ2) is 12.7. The summed E-state index contributed by atoms with van der Waals surface area (Å²) >= 11 is 5.80. The second-order valence-corrected chi connectivity index (χ2v) is 19.6. The molecule has 2 unspecified atom stereocenters. The quantitative estimate of drug-likeness (QED) is 0.257. The van der Waals surface area contributed by atoms with Gasteiger partial charge in [-0.25, -0.2) is 0 Å². The zero-order chi connectivity index (χ0) is 27.1. The minimum absolute atomic E-state index is 0. The third-order valence-electron chi connectivity index (χ3n) is 2.89. The molecule has 29 heavy (non-hydrogen) atoms. The molecule has 0 aromatic heterocycles. The van der Waals surface area contributed by atoms with Crippen molar-refractivity contribution < 1.29 is 13.0 Å². The largest absolute Gasteiger partial charge is 0.375 e. The van der Waals surface area contributed by atoms with Crippen LogP contribution in [0.25, 0.3) is 0 Å². The van der Waals surface area contributed by atoms with Crippen LogP contribution in [0.3, 0.4) is 0 Å². The number of halogens is 1. The summed E-state index contributed by atoms with van der Waals surface area (Å²) in [6.45, 7) is 11.7. The predicted molar refractivity (Wildman–Crippen MR) is 139 cm³/mol. The van der Waals surface area contributed by atoms with E-state index in [2.05, 4.69) is 42.6 Å². The topological polar surface area (TPSA) is 9.23 Å². The Hall–Kier alpha value is -0.976. The summed E-state index contributed by atoms with van der Waals surface area (Å²) in [5.74, 6) is 5.64. The van der Waals surface area contributed by atoms with Crippen LogP contribution < -0.4 is 0 Å². The molecule has 0 saturated heterocycles. The Labute approximate surface area is 197 Å². The smallest absolute Gasteiger partial charge is 0.129 e. The number of rotatable bonds is 4. The third kappa shape index (κ3) is 21.5. The van der Waals surface area contributed by atoms with Gasteiger partial charge >= 0.3 is 0 Å². The summed E-state index contributed by atoms with van der Waals surface area (Å²) in [5.41, 5.74) is 6.04. The first-order valence-electron chi connectivity index (χ1n) is 12.4. The van der Waals surface area contributed by atoms with Crippen LogP contribution in [0.2, 0.25) is 39.3 Å². The molecule has 1 rings (SSSR count). The Morgan fingerprint density at radius 2 is 1.45 bits per heavy atom. The first-order valence-corrected chi connectivity index (χ1v) is 16.8. The molecule has 0 aliphatic carbocycles. The molecule has 164 valence electrons. The molecule has 0 aliphatic heterocycles. The van der Waals surface area contributed by atoms with Gasteiger partial charge in [0.2, 0.25) is 0 Å². The van der Waals surface area contributed by atoms with Crippen LogP contribution in [-0.2, 0) is 11.3 Å². The molecular formula is C25H43ClOSi2. The van der Waals surface area contributed by atoms with Gasteiger partial charge in [-0.15, -0.1) is 28.6 Å². The van der Waals surface area contributed by atoms with Gasteiger partial charge < -0.3 is 4.74 Å². The highest BCUT2D eigenvalue weighted by Gasteiger charge is 2.16. The van der Waals surface area contributed by atoms with Gasteiger partial charge in [-0.1, -0.05) is 83.0 Å². The van der Waals surface area contributed by atoms with Crippen molar-refractivity contribution in [2.24, 2.45) is 5.41 Å². The van der Waals surface area contributed by atoms with Crippen molar-refractivity contribution in [3.8, 4) is 22.9 Å². The highest BCUT2D eigenvalue weighted by molar-refractivity contribution is 6.84. The second-order valence-electron chi connectivity index (χ2n) is 9.31. The molecule has 0 radical (unpaired) electrons. The molecule has 0 aliphatic rings. The Morgan fingerprint density at radius 1 is 0.931 bits per heavy atom. The standard InChI is InChI=1S/C16H24OSi.C8H15ClSi.CH4/c1-16(2,11-12-18(3,4)5)14-17-13-15-9-7-6-8-10-15;1-8(2,9)6-7-10(3,4)5;/h6-10H,13-14H2,1-5H3;1-5H3;1H4/i2*1D3;. The van der Waals surface area contributed by atoms with Crippen LogP contribution >= 0.6 is 11.6 Å². The van der Waals surface area contributed by atoms with E-state index in [1.54, 1.807) is 6.92 Å². The fourth-order valence-electron chi connectivity index (χ4n) is 1.61. The Kier molecular flexibility index (Phi) is 8.71. The summed E-state index contributed by atoms with van der Waals surface area (Å²) in [6, 6.07) is 9.73. The van der Waals surface area contributed by atoms with E-state index in [9.17, 15) is 0 Å². The number of hydrogen-bond acceptors (Lipinski definition) is 1. The number of benzene rings is 1. The van der Waals surface area contributed by atoms with E-state index < -0.39 is 40.1 Å². The Balaban J connectivity index is 0. The van der Waals surface area contributed by atoms with E-state index in [4.69, 9.17) is 24.6 Å². The molecule has 0 fully saturated rings. The van der Waals surface area contributed by atoms with Gasteiger partial charge in [-0.3, -0.25) is 0 Å². The van der Waals surface area contributed by atoms with Crippen molar-refractivity contribution in [3.63, 3.8) is 0 Å². The molecule has 0 heterocycles. The van der Waals surface area contributed by atoms with Crippen molar-refractivity contribution >= 4 is 27.7 Å². The third-order valence-corrected chi connectivity index (χ3v) is 4.73. The predicted octanol–water partition coefficient (Wildman–Crippen LogP) is 7.63. The average molecular weight is 457 g/mol. The van der Waals surface area contributed by atoms with E-state index in [0.29, 0.717) is 6.61 Å². The molecule has 0 N–H and O–H groups in total. The Bertz CT molecular complexity index is 893. The molecule has 1 aromatic carbocycles. The van der Waals surface area contributed by atoms with Crippen molar-refractivity contribution in [1.82, 2.24) is 0 Å². The molecule has 1 nitrogen and oxygen atoms in total. The minimum Gasteiger partial charge on any atom is -0.375 e. The zero-order valence-electron chi connectivity index (χ0n) is 24.6. The molecular weight excluding hydrogens is 408 g/mol. The lowest BCUT2D eigenvalue weighted by Gasteiger charge is -2.18. The van der Waals surface area contributed by atoms with Gasteiger partial charge in [0.05, 0.1) is 18.1 Å². The lowest BCUT2D eigenvalue weighted by molar-refractivity contribution is 0.0753. The van der Waals surface area contributed by atoms with Gasteiger partial charge in [-0.05, 0) is 33.1 Å². The molecule has 0 saturated carbocycles. The maximum absolute atomic E-state index is 7.74. The average Bonchev–Trinajstić information content (AvgIpc) is 2.63. The van der Waals surface area contributed by atoms with Crippen molar-refractivity contribution in [2.45, 2.75) is 85.7 Å². The molecule has 2 atom stereocenters. The summed E-state index contributed by atoms with van der Waals surface area (Å²) in [6.07, 6.45) is 0. The first kappa shape index (κ1) is 20.0. The minimum atomic E-state index is -2.22. The van der Waals surface area contributed by atoms with Gasteiger partial charge in [0.25, 0.3) is 0 Å². The fraction of sp³-hybridized carbons (Fsp3) is 0.600. The molecule has 0 bridgehead atoms. The van der Waals surface area contributed by atoms with Gasteiger partial charge in [0.1, 0.15) is 16.1 Å². The normalized spacial score (nSPS) is 18.8. The van der Waals surface area contributed by atoms with Crippen LogP contribution in [0.1, 0.15) is 48.8 Å². The van der Waals surface area contributed by atoms with Crippen LogP contribution in [0.4, 0.5) is 0 Å². The van der Waals surface area contributed by atoms with Gasteiger partial charge in [0, 0.05) is 13.6 Å². The maximum Gasteiger partial charge on any atom is 0.129 e. The van der Waals surface area contributed by atoms with Gasteiger partial charge in [0.15, 0.2) is 0 Å². The summed E-state index contributed by atoms with van der Waals surface area (Å²) in [7, 11) is -3.16. The Morgan fingerprint density at radius 3 is 1.90 bits per heavy atom. The molecule has 0 spiro atoms. The van der Waals surface area contributed by atoms with Crippen LogP contribution in [0, 0.1) is 28.3 Å². The summed E-state index contributed by atoms with van der Waals surface area (Å²) < 4.78 is 50.3. The monoisotopic (exact) mass is 456 g/mol. The lowest BCUT2D eigenvalue weighted by Crippen LogP contribution is -2.21. The van der Waals surface area contributed by atoms with E-state index in [-0.39, 0.29) is 14.0 Å². The van der Waals surface area contributed by atoms with Crippen LogP contribution in [0.15, 0.2) is 30.3 Å². The summed E-state index contributed by atoms with van der Waals surface area (Å²) in [4.78, 5) is -1.41. The number of hydrogen-bond donors (Lipinski definition) is 0.